The van der Waals surface area contributed by atoms with Crippen molar-refractivity contribution in [3.63, 3.8) is 0 Å². The first kappa shape index (κ1) is 11.5. The molecule has 0 unspecified atom stereocenters. The van der Waals surface area contributed by atoms with E-state index < -0.39 is 12.0 Å². The van der Waals surface area contributed by atoms with E-state index in [0.717, 1.165) is 0 Å². The van der Waals surface area contributed by atoms with Crippen molar-refractivity contribution in [1.29, 1.82) is 0 Å². The van der Waals surface area contributed by atoms with E-state index >= 15 is 0 Å². The molecule has 0 heterocycles. The number of carbonyl (C=O) groups excluding carboxylic acids is 2. The van der Waals surface area contributed by atoms with E-state index in [-0.39, 0.29) is 6.54 Å². The van der Waals surface area contributed by atoms with Crippen LogP contribution >= 0.6 is 15.9 Å². The van der Waals surface area contributed by atoms with Gasteiger partial charge < -0.3 is 15.8 Å². The van der Waals surface area contributed by atoms with Crippen LogP contribution in [0.4, 0.5) is 4.79 Å². The Labute approximate surface area is 94.7 Å². The van der Waals surface area contributed by atoms with Crippen LogP contribution in [0.25, 0.3) is 0 Å². The molecule has 0 spiro atoms. The Kier molecular flexibility index (Phi) is 4.11. The highest BCUT2D eigenvalue weighted by atomic mass is 79.9. The first-order chi connectivity index (χ1) is 7.09. The van der Waals surface area contributed by atoms with Crippen LogP contribution in [0.2, 0.25) is 0 Å². The number of nitrogens with one attached hydrogen (secondary N) is 1. The van der Waals surface area contributed by atoms with Gasteiger partial charge in [-0.1, -0.05) is 12.1 Å². The van der Waals surface area contributed by atoms with Crippen molar-refractivity contribution in [2.75, 3.05) is 6.54 Å². The summed E-state index contributed by atoms with van der Waals surface area (Å²) in [6, 6.07) is 6.87. The van der Waals surface area contributed by atoms with Crippen LogP contribution in [0.5, 0.6) is 5.75 Å². The second kappa shape index (κ2) is 5.35. The summed E-state index contributed by atoms with van der Waals surface area (Å²) in [4.78, 5) is 21.5. The van der Waals surface area contributed by atoms with Crippen LogP contribution < -0.4 is 15.8 Å². The minimum absolute atomic E-state index is 0.247. The molecule has 0 aliphatic rings. The summed E-state index contributed by atoms with van der Waals surface area (Å²) in [5.41, 5.74) is 4.85. The van der Waals surface area contributed by atoms with Crippen LogP contribution in [0, 0.1) is 0 Å². The Bertz CT molecular complexity index is 381. The molecule has 1 aromatic carbocycles. The van der Waals surface area contributed by atoms with Crippen molar-refractivity contribution in [2.24, 2.45) is 5.73 Å². The first-order valence-electron chi connectivity index (χ1n) is 4.08. The molecule has 0 fully saturated rings. The SMILES string of the molecule is NC(=O)CNC(=O)Oc1ccccc1Br. The lowest BCUT2D eigenvalue weighted by Gasteiger charge is -2.06. The van der Waals surface area contributed by atoms with Crippen LogP contribution in [0.15, 0.2) is 28.7 Å². The Morgan fingerprint density at radius 2 is 2.07 bits per heavy atom. The molecule has 1 rings (SSSR count). The standard InChI is InChI=1S/C9H9BrN2O3/c10-6-3-1-2-4-7(6)15-9(14)12-5-8(11)13/h1-4H,5H2,(H2,11,13)(H,12,14). The molecule has 2 amide bonds. The molecule has 1 aromatic rings. The van der Waals surface area contributed by atoms with Gasteiger partial charge in [0.15, 0.2) is 0 Å². The van der Waals surface area contributed by atoms with E-state index in [1.165, 1.54) is 0 Å². The van der Waals surface area contributed by atoms with Gasteiger partial charge in [0, 0.05) is 0 Å². The lowest BCUT2D eigenvalue weighted by molar-refractivity contribution is -0.117. The predicted octanol–water partition coefficient (Wildman–Crippen LogP) is 1.02. The third-order valence-electron chi connectivity index (χ3n) is 1.45. The molecule has 0 radical (unpaired) electrons. The maximum atomic E-state index is 11.1. The number of carbonyl (C=O) groups is 2. The molecular formula is C9H9BrN2O3. The smallest absolute Gasteiger partial charge is 0.409 e. The molecule has 0 aliphatic carbocycles. The topological polar surface area (TPSA) is 81.4 Å². The summed E-state index contributed by atoms with van der Waals surface area (Å²) in [7, 11) is 0. The normalized spacial score (nSPS) is 9.40. The Hall–Kier alpha value is -1.56. The highest BCUT2D eigenvalue weighted by Crippen LogP contribution is 2.23. The second-order valence-corrected chi connectivity index (χ2v) is 3.49. The number of hydrogen-bond donors (Lipinski definition) is 2. The zero-order chi connectivity index (χ0) is 11.3. The van der Waals surface area contributed by atoms with Crippen molar-refractivity contribution in [3.05, 3.63) is 28.7 Å². The van der Waals surface area contributed by atoms with E-state index in [4.69, 9.17) is 10.5 Å². The number of halogens is 1. The highest BCUT2D eigenvalue weighted by molar-refractivity contribution is 9.10. The minimum Gasteiger partial charge on any atom is -0.409 e. The molecule has 15 heavy (non-hydrogen) atoms. The molecule has 5 nitrogen and oxygen atoms in total. The Balaban J connectivity index is 2.52. The highest BCUT2D eigenvalue weighted by Gasteiger charge is 2.07. The van der Waals surface area contributed by atoms with Gasteiger partial charge in [-0.05, 0) is 28.1 Å². The zero-order valence-electron chi connectivity index (χ0n) is 7.70. The lowest BCUT2D eigenvalue weighted by atomic mass is 10.3. The molecule has 0 bridgehead atoms. The van der Waals surface area contributed by atoms with Crippen LogP contribution in [0.3, 0.4) is 0 Å². The molecule has 0 aromatic heterocycles. The third kappa shape index (κ3) is 3.99. The van der Waals surface area contributed by atoms with Gasteiger partial charge >= 0.3 is 6.09 Å². The minimum atomic E-state index is -0.722. The molecule has 0 saturated heterocycles. The number of primary amides is 1. The molecule has 0 saturated carbocycles. The fourth-order valence-corrected chi connectivity index (χ4v) is 1.19. The predicted molar refractivity (Wildman–Crippen MR) is 57.4 cm³/mol. The van der Waals surface area contributed by atoms with Crippen molar-refractivity contribution in [2.45, 2.75) is 0 Å². The van der Waals surface area contributed by atoms with E-state index in [1.54, 1.807) is 24.3 Å². The Morgan fingerprint density at radius 3 is 2.67 bits per heavy atom. The largest absolute Gasteiger partial charge is 0.413 e. The number of ether oxygens (including phenoxy) is 1. The summed E-state index contributed by atoms with van der Waals surface area (Å²) in [6.07, 6.45) is -0.722. The maximum absolute atomic E-state index is 11.1. The van der Waals surface area contributed by atoms with Crippen LogP contribution in [-0.4, -0.2) is 18.5 Å². The quantitative estimate of drug-likeness (QED) is 0.862. The van der Waals surface area contributed by atoms with Crippen molar-refractivity contribution >= 4 is 27.9 Å². The monoisotopic (exact) mass is 272 g/mol. The Morgan fingerprint density at radius 1 is 1.40 bits per heavy atom. The fourth-order valence-electron chi connectivity index (χ4n) is 0.823. The number of amides is 2. The molecule has 3 N–H and O–H groups in total. The van der Waals surface area contributed by atoms with Crippen LogP contribution in [-0.2, 0) is 4.79 Å². The van der Waals surface area contributed by atoms with E-state index in [1.807, 2.05) is 0 Å². The van der Waals surface area contributed by atoms with Gasteiger partial charge in [-0.25, -0.2) is 4.79 Å². The average molecular weight is 273 g/mol. The lowest BCUT2D eigenvalue weighted by Crippen LogP contribution is -2.35. The third-order valence-corrected chi connectivity index (χ3v) is 2.10. The summed E-state index contributed by atoms with van der Waals surface area (Å²) in [5, 5.41) is 2.20. The number of hydrogen-bond acceptors (Lipinski definition) is 3. The summed E-state index contributed by atoms with van der Waals surface area (Å²) < 4.78 is 5.54. The van der Waals surface area contributed by atoms with E-state index in [0.29, 0.717) is 10.2 Å². The van der Waals surface area contributed by atoms with Crippen molar-refractivity contribution in [3.8, 4) is 5.75 Å². The van der Waals surface area contributed by atoms with Gasteiger partial charge in [0.05, 0.1) is 11.0 Å². The van der Waals surface area contributed by atoms with Gasteiger partial charge in [0.2, 0.25) is 5.91 Å². The molecule has 0 atom stereocenters. The average Bonchev–Trinajstić information content (AvgIpc) is 2.18. The molecule has 0 aliphatic heterocycles. The van der Waals surface area contributed by atoms with Crippen LogP contribution in [0.1, 0.15) is 0 Å². The zero-order valence-corrected chi connectivity index (χ0v) is 9.28. The molecule has 6 heteroatoms. The van der Waals surface area contributed by atoms with Crippen molar-refractivity contribution < 1.29 is 14.3 Å². The second-order valence-electron chi connectivity index (χ2n) is 2.64. The van der Waals surface area contributed by atoms with E-state index in [2.05, 4.69) is 21.2 Å². The number of para-hydroxylation sites is 1. The van der Waals surface area contributed by atoms with Gasteiger partial charge in [0.25, 0.3) is 0 Å². The van der Waals surface area contributed by atoms with Crippen molar-refractivity contribution in [1.82, 2.24) is 5.32 Å². The molecule has 80 valence electrons. The fraction of sp³-hybridized carbons (Fsp3) is 0.111. The number of nitrogens with two attached hydrogens (primary N) is 1. The van der Waals surface area contributed by atoms with Gasteiger partial charge in [-0.2, -0.15) is 0 Å². The summed E-state index contributed by atoms with van der Waals surface area (Å²) in [5.74, 6) is -0.251. The number of rotatable bonds is 3. The van der Waals surface area contributed by atoms with Gasteiger partial charge in [-0.15, -0.1) is 0 Å². The first-order valence-corrected chi connectivity index (χ1v) is 4.87. The van der Waals surface area contributed by atoms with Gasteiger partial charge in [-0.3, -0.25) is 4.79 Å². The number of benzene rings is 1. The molecular weight excluding hydrogens is 264 g/mol. The van der Waals surface area contributed by atoms with Gasteiger partial charge in [0.1, 0.15) is 5.75 Å². The van der Waals surface area contributed by atoms with E-state index in [9.17, 15) is 9.59 Å². The summed E-state index contributed by atoms with van der Waals surface area (Å²) in [6.45, 7) is -0.247. The maximum Gasteiger partial charge on any atom is 0.413 e. The summed E-state index contributed by atoms with van der Waals surface area (Å²) >= 11 is 3.21.